The smallest absolute Gasteiger partial charge is 0.316 e. The number of aromatic nitrogens is 2. The molecule has 3 rings (SSSR count). The van der Waals surface area contributed by atoms with Crippen LogP contribution in [0, 0.1) is 0 Å². The summed E-state index contributed by atoms with van der Waals surface area (Å²) in [5, 5.41) is 3.27. The van der Waals surface area contributed by atoms with Gasteiger partial charge in [0.25, 0.3) is 0 Å². The third-order valence-corrected chi connectivity index (χ3v) is 4.00. The quantitative estimate of drug-likeness (QED) is 0.513. The Labute approximate surface area is 160 Å². The average molecular weight is 363 g/mol. The van der Waals surface area contributed by atoms with E-state index in [0.29, 0.717) is 12.6 Å². The Kier molecular flexibility index (Phi) is 7.04. The molecule has 0 aliphatic rings. The Balaban J connectivity index is 1.45. The zero-order valence-corrected chi connectivity index (χ0v) is 15.6. The molecule has 0 aliphatic carbocycles. The molecule has 5 nitrogen and oxygen atoms in total. The first-order chi connectivity index (χ1) is 13.3. The van der Waals surface area contributed by atoms with Gasteiger partial charge in [-0.1, -0.05) is 43.7 Å². The average Bonchev–Trinajstić information content (AvgIpc) is 2.72. The molecule has 0 fully saturated rings. The van der Waals surface area contributed by atoms with Crippen molar-refractivity contribution in [3.63, 3.8) is 0 Å². The van der Waals surface area contributed by atoms with Gasteiger partial charge in [-0.2, -0.15) is 0 Å². The molecule has 27 heavy (non-hydrogen) atoms. The van der Waals surface area contributed by atoms with Crippen LogP contribution < -0.4 is 14.8 Å². The third kappa shape index (κ3) is 6.29. The molecule has 0 spiro atoms. The van der Waals surface area contributed by atoms with Gasteiger partial charge < -0.3 is 14.8 Å². The maximum absolute atomic E-state index is 5.67. The van der Waals surface area contributed by atoms with Crippen LogP contribution >= 0.6 is 0 Å². The van der Waals surface area contributed by atoms with E-state index in [4.69, 9.17) is 9.47 Å². The van der Waals surface area contributed by atoms with E-state index in [1.54, 1.807) is 12.4 Å². The first-order valence-electron chi connectivity index (χ1n) is 9.32. The Morgan fingerprint density at radius 1 is 0.815 bits per heavy atom. The van der Waals surface area contributed by atoms with E-state index < -0.39 is 0 Å². The van der Waals surface area contributed by atoms with Gasteiger partial charge in [-0.25, -0.2) is 9.97 Å². The molecule has 2 aromatic carbocycles. The van der Waals surface area contributed by atoms with Crippen LogP contribution in [-0.4, -0.2) is 23.2 Å². The highest BCUT2D eigenvalue weighted by molar-refractivity contribution is 5.58. The molecule has 0 atom stereocenters. The predicted molar refractivity (Wildman–Crippen MR) is 108 cm³/mol. The molecule has 3 aromatic rings. The van der Waals surface area contributed by atoms with Crippen LogP contribution in [-0.2, 0) is 6.42 Å². The van der Waals surface area contributed by atoms with Crippen molar-refractivity contribution in [2.45, 2.75) is 26.2 Å². The van der Waals surface area contributed by atoms with Gasteiger partial charge in [0.15, 0.2) is 0 Å². The van der Waals surface area contributed by atoms with Crippen molar-refractivity contribution in [1.82, 2.24) is 9.97 Å². The number of unbranched alkanes of at least 4 members (excludes halogenated alkanes) is 1. The molecule has 0 bridgehead atoms. The summed E-state index contributed by atoms with van der Waals surface area (Å²) in [5.41, 5.74) is 3.00. The molecule has 0 unspecified atom stereocenters. The van der Waals surface area contributed by atoms with Crippen molar-refractivity contribution in [2.75, 3.05) is 18.5 Å². The molecule has 5 heteroatoms. The zero-order chi connectivity index (χ0) is 18.7. The van der Waals surface area contributed by atoms with E-state index in [0.717, 1.165) is 43.0 Å². The highest BCUT2D eigenvalue weighted by atomic mass is 16.5. The summed E-state index contributed by atoms with van der Waals surface area (Å²) >= 11 is 0. The topological polar surface area (TPSA) is 56.3 Å². The molecule has 0 saturated heterocycles. The van der Waals surface area contributed by atoms with E-state index in [1.165, 1.54) is 5.56 Å². The normalized spacial score (nSPS) is 10.4. The summed E-state index contributed by atoms with van der Waals surface area (Å²) < 4.78 is 11.3. The standard InChI is InChI=1S/C22H25N3O2/c1-2-3-14-26-21-11-9-19(10-12-21)25-20-16-23-22(24-17-20)27-15-13-18-7-5-4-6-8-18/h4-12,16-17,25H,2-3,13-15H2,1H3. The summed E-state index contributed by atoms with van der Waals surface area (Å²) in [6.07, 6.45) is 6.46. The largest absolute Gasteiger partial charge is 0.494 e. The fraction of sp³-hybridized carbons (Fsp3) is 0.273. The summed E-state index contributed by atoms with van der Waals surface area (Å²) in [5.74, 6) is 0.882. The molecule has 0 radical (unpaired) electrons. The molecule has 1 N–H and O–H groups in total. The van der Waals surface area contributed by atoms with Gasteiger partial charge in [-0.05, 0) is 36.2 Å². The fourth-order valence-electron chi connectivity index (χ4n) is 2.50. The van der Waals surface area contributed by atoms with Crippen LogP contribution in [0.3, 0.4) is 0 Å². The number of ether oxygens (including phenoxy) is 2. The van der Waals surface area contributed by atoms with Crippen LogP contribution in [0.2, 0.25) is 0 Å². The third-order valence-electron chi connectivity index (χ3n) is 4.00. The van der Waals surface area contributed by atoms with Gasteiger partial charge in [0.1, 0.15) is 5.75 Å². The van der Waals surface area contributed by atoms with Gasteiger partial charge in [0, 0.05) is 12.1 Å². The number of rotatable bonds is 10. The summed E-state index contributed by atoms with van der Waals surface area (Å²) in [6.45, 7) is 3.46. The molecular weight excluding hydrogens is 338 g/mol. The summed E-state index contributed by atoms with van der Waals surface area (Å²) in [6, 6.07) is 18.5. The van der Waals surface area contributed by atoms with Crippen molar-refractivity contribution in [3.05, 3.63) is 72.6 Å². The Bertz CT molecular complexity index is 790. The van der Waals surface area contributed by atoms with Gasteiger partial charge in [-0.3, -0.25) is 0 Å². The van der Waals surface area contributed by atoms with Gasteiger partial charge in [-0.15, -0.1) is 0 Å². The minimum absolute atomic E-state index is 0.385. The first kappa shape index (κ1) is 18.7. The predicted octanol–water partition coefficient (Wildman–Crippen LogP) is 5.02. The molecule has 1 aromatic heterocycles. The lowest BCUT2D eigenvalue weighted by Crippen LogP contribution is -2.04. The number of nitrogens with zero attached hydrogens (tertiary/aromatic N) is 2. The second-order valence-electron chi connectivity index (χ2n) is 6.19. The Morgan fingerprint density at radius 3 is 2.26 bits per heavy atom. The van der Waals surface area contributed by atoms with Gasteiger partial charge in [0.05, 0.1) is 31.3 Å². The van der Waals surface area contributed by atoms with E-state index in [-0.39, 0.29) is 0 Å². The van der Waals surface area contributed by atoms with Crippen LogP contribution in [0.5, 0.6) is 11.8 Å². The Hall–Kier alpha value is -3.08. The molecule has 1 heterocycles. The lowest BCUT2D eigenvalue weighted by Gasteiger charge is -2.09. The summed E-state index contributed by atoms with van der Waals surface area (Å²) in [7, 11) is 0. The lowest BCUT2D eigenvalue weighted by molar-refractivity contribution is 0.296. The van der Waals surface area contributed by atoms with E-state index >= 15 is 0 Å². The minimum Gasteiger partial charge on any atom is -0.494 e. The van der Waals surface area contributed by atoms with Crippen LogP contribution in [0.15, 0.2) is 67.0 Å². The highest BCUT2D eigenvalue weighted by Crippen LogP contribution is 2.20. The molecule has 140 valence electrons. The Morgan fingerprint density at radius 2 is 1.56 bits per heavy atom. The van der Waals surface area contributed by atoms with Crippen LogP contribution in [0.4, 0.5) is 11.4 Å². The first-order valence-corrected chi connectivity index (χ1v) is 9.32. The monoisotopic (exact) mass is 363 g/mol. The van der Waals surface area contributed by atoms with Crippen LogP contribution in [0.25, 0.3) is 0 Å². The fourth-order valence-corrected chi connectivity index (χ4v) is 2.50. The highest BCUT2D eigenvalue weighted by Gasteiger charge is 2.01. The maximum atomic E-state index is 5.67. The maximum Gasteiger partial charge on any atom is 0.316 e. The lowest BCUT2D eigenvalue weighted by atomic mass is 10.2. The van der Waals surface area contributed by atoms with Gasteiger partial charge >= 0.3 is 6.01 Å². The number of hydrogen-bond donors (Lipinski definition) is 1. The second kappa shape index (κ2) is 10.2. The molecular formula is C22H25N3O2. The van der Waals surface area contributed by atoms with E-state index in [1.807, 2.05) is 42.5 Å². The van der Waals surface area contributed by atoms with Gasteiger partial charge in [0.2, 0.25) is 0 Å². The number of hydrogen-bond acceptors (Lipinski definition) is 5. The van der Waals surface area contributed by atoms with Crippen molar-refractivity contribution >= 4 is 11.4 Å². The second-order valence-corrected chi connectivity index (χ2v) is 6.19. The minimum atomic E-state index is 0.385. The number of benzene rings is 2. The zero-order valence-electron chi connectivity index (χ0n) is 15.6. The van der Waals surface area contributed by atoms with E-state index in [9.17, 15) is 0 Å². The van der Waals surface area contributed by atoms with E-state index in [2.05, 4.69) is 34.3 Å². The number of anilines is 2. The van der Waals surface area contributed by atoms with Crippen molar-refractivity contribution in [1.29, 1.82) is 0 Å². The van der Waals surface area contributed by atoms with Crippen molar-refractivity contribution in [2.24, 2.45) is 0 Å². The summed E-state index contributed by atoms with van der Waals surface area (Å²) in [4.78, 5) is 8.51. The molecule has 0 aliphatic heterocycles. The molecule has 0 saturated carbocycles. The van der Waals surface area contributed by atoms with Crippen LogP contribution in [0.1, 0.15) is 25.3 Å². The number of nitrogens with one attached hydrogen (secondary N) is 1. The van der Waals surface area contributed by atoms with Crippen molar-refractivity contribution < 1.29 is 9.47 Å². The SMILES string of the molecule is CCCCOc1ccc(Nc2cnc(OCCc3ccccc3)nc2)cc1. The van der Waals surface area contributed by atoms with Crippen molar-refractivity contribution in [3.8, 4) is 11.8 Å². The molecule has 0 amide bonds.